The van der Waals surface area contributed by atoms with Crippen LogP contribution < -0.4 is 5.32 Å². The van der Waals surface area contributed by atoms with Gasteiger partial charge in [0.05, 0.1) is 0 Å². The summed E-state index contributed by atoms with van der Waals surface area (Å²) < 4.78 is 0. The van der Waals surface area contributed by atoms with Gasteiger partial charge in [0.2, 0.25) is 5.66 Å². The SMILES string of the molecule is CC(=O)C1(C(C)=O)N=CC=CN1. The Labute approximate surface area is 70.4 Å². The molecule has 64 valence electrons. The normalized spacial score (nSPS) is 18.5. The number of carbonyl (C=O) groups excluding carboxylic acids is 2. The van der Waals surface area contributed by atoms with Crippen molar-refractivity contribution in [3.05, 3.63) is 12.3 Å². The van der Waals surface area contributed by atoms with Gasteiger partial charge in [0.15, 0.2) is 11.6 Å². The number of hydrogen-bond donors (Lipinski definition) is 1. The van der Waals surface area contributed by atoms with Gasteiger partial charge >= 0.3 is 0 Å². The Morgan fingerprint density at radius 1 is 1.33 bits per heavy atom. The Bertz CT molecular complexity index is 265. The number of Topliss-reactive ketones (excluding diaryl/α,β-unsaturated/α-hetero) is 2. The molecule has 0 bridgehead atoms. The van der Waals surface area contributed by atoms with Crippen molar-refractivity contribution in [1.82, 2.24) is 5.32 Å². The molecule has 0 saturated carbocycles. The van der Waals surface area contributed by atoms with Crippen LogP contribution >= 0.6 is 0 Å². The highest BCUT2D eigenvalue weighted by molar-refractivity contribution is 6.11. The summed E-state index contributed by atoms with van der Waals surface area (Å²) in [4.78, 5) is 26.1. The molecule has 1 aliphatic heterocycles. The van der Waals surface area contributed by atoms with Gasteiger partial charge in [-0.3, -0.25) is 14.6 Å². The lowest BCUT2D eigenvalue weighted by atomic mass is 10.0. The van der Waals surface area contributed by atoms with Gasteiger partial charge in [-0.05, 0) is 19.9 Å². The molecule has 0 aliphatic carbocycles. The van der Waals surface area contributed by atoms with Gasteiger partial charge in [0.25, 0.3) is 0 Å². The van der Waals surface area contributed by atoms with E-state index < -0.39 is 5.66 Å². The van der Waals surface area contributed by atoms with E-state index in [1.54, 1.807) is 6.08 Å². The minimum Gasteiger partial charge on any atom is -0.355 e. The molecule has 0 unspecified atom stereocenters. The van der Waals surface area contributed by atoms with Crippen molar-refractivity contribution < 1.29 is 9.59 Å². The van der Waals surface area contributed by atoms with Crippen molar-refractivity contribution in [2.75, 3.05) is 0 Å². The van der Waals surface area contributed by atoms with Crippen LogP contribution in [0.5, 0.6) is 0 Å². The number of nitrogens with zero attached hydrogens (tertiary/aromatic N) is 1. The maximum atomic E-state index is 11.1. The summed E-state index contributed by atoms with van der Waals surface area (Å²) >= 11 is 0. The second-order valence-corrected chi connectivity index (χ2v) is 2.60. The molecule has 0 fully saturated rings. The van der Waals surface area contributed by atoms with E-state index in [4.69, 9.17) is 0 Å². The first-order chi connectivity index (χ1) is 5.59. The average molecular weight is 166 g/mol. The van der Waals surface area contributed by atoms with Crippen LogP contribution in [0.1, 0.15) is 13.8 Å². The topological polar surface area (TPSA) is 58.5 Å². The second kappa shape index (κ2) is 2.89. The van der Waals surface area contributed by atoms with Crippen LogP contribution in [0.25, 0.3) is 0 Å². The van der Waals surface area contributed by atoms with Crippen LogP contribution in [-0.2, 0) is 9.59 Å². The number of hydrogen-bond acceptors (Lipinski definition) is 4. The first-order valence-corrected chi connectivity index (χ1v) is 3.60. The lowest BCUT2D eigenvalue weighted by Crippen LogP contribution is -2.53. The Hall–Kier alpha value is -1.45. The number of nitrogens with one attached hydrogen (secondary N) is 1. The zero-order valence-corrected chi connectivity index (χ0v) is 7.00. The third-order valence-corrected chi connectivity index (χ3v) is 1.76. The zero-order valence-electron chi connectivity index (χ0n) is 7.00. The Kier molecular flexibility index (Phi) is 2.08. The summed E-state index contributed by atoms with van der Waals surface area (Å²) in [7, 11) is 0. The molecular weight excluding hydrogens is 156 g/mol. The molecule has 4 nitrogen and oxygen atoms in total. The molecule has 0 atom stereocenters. The van der Waals surface area contributed by atoms with E-state index in [1.165, 1.54) is 26.3 Å². The maximum absolute atomic E-state index is 11.1. The van der Waals surface area contributed by atoms with Crippen LogP contribution in [0.4, 0.5) is 0 Å². The summed E-state index contributed by atoms with van der Waals surface area (Å²) in [6.07, 6.45) is 4.61. The predicted molar refractivity (Wildman–Crippen MR) is 44.9 cm³/mol. The number of rotatable bonds is 2. The third-order valence-electron chi connectivity index (χ3n) is 1.76. The Morgan fingerprint density at radius 3 is 2.17 bits per heavy atom. The van der Waals surface area contributed by atoms with Gasteiger partial charge < -0.3 is 5.32 Å². The van der Waals surface area contributed by atoms with Crippen LogP contribution in [0.2, 0.25) is 0 Å². The standard InChI is InChI=1S/C8H10N2O2/c1-6(11)8(7(2)12)9-4-3-5-10-8/h3-5,9H,1-2H3. The van der Waals surface area contributed by atoms with Gasteiger partial charge in [-0.15, -0.1) is 0 Å². The molecule has 12 heavy (non-hydrogen) atoms. The molecule has 0 spiro atoms. The number of allylic oxidation sites excluding steroid dienone is 1. The van der Waals surface area contributed by atoms with Gasteiger partial charge in [0.1, 0.15) is 0 Å². The van der Waals surface area contributed by atoms with Crippen molar-refractivity contribution in [2.45, 2.75) is 19.5 Å². The maximum Gasteiger partial charge on any atom is 0.247 e. The molecule has 4 heteroatoms. The van der Waals surface area contributed by atoms with E-state index in [0.717, 1.165) is 0 Å². The van der Waals surface area contributed by atoms with Crippen LogP contribution in [0.15, 0.2) is 17.3 Å². The van der Waals surface area contributed by atoms with Crippen LogP contribution in [0.3, 0.4) is 0 Å². The highest BCUT2D eigenvalue weighted by Gasteiger charge is 2.39. The lowest BCUT2D eigenvalue weighted by Gasteiger charge is -2.25. The quantitative estimate of drug-likeness (QED) is 0.589. The van der Waals surface area contributed by atoms with Crippen LogP contribution in [0, 0.1) is 0 Å². The second-order valence-electron chi connectivity index (χ2n) is 2.60. The average Bonchev–Trinajstić information content (AvgIpc) is 2.05. The largest absolute Gasteiger partial charge is 0.355 e. The molecule has 0 saturated heterocycles. The summed E-state index contributed by atoms with van der Waals surface area (Å²) in [6, 6.07) is 0. The smallest absolute Gasteiger partial charge is 0.247 e. The molecule has 1 N–H and O–H groups in total. The fraction of sp³-hybridized carbons (Fsp3) is 0.375. The molecule has 1 rings (SSSR count). The van der Waals surface area contributed by atoms with E-state index in [1.807, 2.05) is 0 Å². The van der Waals surface area contributed by atoms with Crippen molar-refractivity contribution >= 4 is 17.8 Å². The monoisotopic (exact) mass is 166 g/mol. The molecule has 0 aromatic rings. The first kappa shape index (κ1) is 8.64. The van der Waals surface area contributed by atoms with Gasteiger partial charge in [-0.1, -0.05) is 0 Å². The lowest BCUT2D eigenvalue weighted by molar-refractivity contribution is -0.133. The van der Waals surface area contributed by atoms with E-state index in [-0.39, 0.29) is 11.6 Å². The van der Waals surface area contributed by atoms with Crippen molar-refractivity contribution in [2.24, 2.45) is 4.99 Å². The number of aliphatic imine (C=N–C) groups is 1. The summed E-state index contributed by atoms with van der Waals surface area (Å²) in [5.41, 5.74) is -1.37. The van der Waals surface area contributed by atoms with Gasteiger partial charge in [-0.2, -0.15) is 0 Å². The number of ketones is 2. The van der Waals surface area contributed by atoms with E-state index in [2.05, 4.69) is 10.3 Å². The zero-order chi connectivity index (χ0) is 9.19. The molecule has 0 amide bonds. The summed E-state index contributed by atoms with van der Waals surface area (Å²) in [5.74, 6) is -0.591. The summed E-state index contributed by atoms with van der Waals surface area (Å²) in [6.45, 7) is 2.68. The van der Waals surface area contributed by atoms with Crippen molar-refractivity contribution in [3.63, 3.8) is 0 Å². The number of carbonyl (C=O) groups is 2. The fourth-order valence-corrected chi connectivity index (χ4v) is 1.04. The van der Waals surface area contributed by atoms with Crippen LogP contribution in [-0.4, -0.2) is 23.4 Å². The van der Waals surface area contributed by atoms with Gasteiger partial charge in [-0.25, -0.2) is 0 Å². The predicted octanol–water partition coefficient (Wildman–Crippen LogP) is 0.0484. The van der Waals surface area contributed by atoms with E-state index in [0.29, 0.717) is 0 Å². The molecule has 0 aromatic heterocycles. The molecule has 0 radical (unpaired) electrons. The first-order valence-electron chi connectivity index (χ1n) is 3.60. The molecule has 0 aromatic carbocycles. The van der Waals surface area contributed by atoms with Crippen molar-refractivity contribution in [1.29, 1.82) is 0 Å². The van der Waals surface area contributed by atoms with E-state index >= 15 is 0 Å². The minimum atomic E-state index is -1.37. The van der Waals surface area contributed by atoms with Crippen molar-refractivity contribution in [3.8, 4) is 0 Å². The third kappa shape index (κ3) is 1.15. The molecule has 1 aliphatic rings. The minimum absolute atomic E-state index is 0.296. The summed E-state index contributed by atoms with van der Waals surface area (Å²) in [5, 5.41) is 2.65. The fourth-order valence-electron chi connectivity index (χ4n) is 1.04. The Balaban J connectivity index is 3.04. The Morgan fingerprint density at radius 2 is 1.92 bits per heavy atom. The van der Waals surface area contributed by atoms with Gasteiger partial charge in [0, 0.05) is 12.4 Å². The molecule has 1 heterocycles. The highest BCUT2D eigenvalue weighted by atomic mass is 16.2. The molecular formula is C8H10N2O2. The van der Waals surface area contributed by atoms with E-state index in [9.17, 15) is 9.59 Å². The highest BCUT2D eigenvalue weighted by Crippen LogP contribution is 2.12.